The van der Waals surface area contributed by atoms with Crippen LogP contribution in [0.4, 0.5) is 5.82 Å². The summed E-state index contributed by atoms with van der Waals surface area (Å²) in [6.45, 7) is 3.56. The number of aromatic nitrogens is 4. The molecule has 0 radical (unpaired) electrons. The Bertz CT molecular complexity index is 904. The summed E-state index contributed by atoms with van der Waals surface area (Å²) in [6.07, 6.45) is 5.01. The van der Waals surface area contributed by atoms with Crippen LogP contribution >= 0.6 is 11.6 Å². The molecule has 3 heterocycles. The molecule has 0 aliphatic heterocycles. The van der Waals surface area contributed by atoms with E-state index in [2.05, 4.69) is 30.6 Å². The van der Waals surface area contributed by atoms with Crippen LogP contribution in [0.1, 0.15) is 13.8 Å². The Hall–Kier alpha value is -2.67. The molecule has 3 aromatic heterocycles. The fourth-order valence-corrected chi connectivity index (χ4v) is 2.57. The van der Waals surface area contributed by atoms with Crippen molar-refractivity contribution in [2.24, 2.45) is 0 Å². The maximum atomic E-state index is 11.9. The van der Waals surface area contributed by atoms with Crippen molar-refractivity contribution >= 4 is 34.4 Å². The molecule has 0 aromatic carbocycles. The van der Waals surface area contributed by atoms with E-state index in [9.17, 15) is 4.79 Å². The van der Waals surface area contributed by atoms with Crippen molar-refractivity contribution in [1.82, 2.24) is 25.3 Å². The first-order valence-electron chi connectivity index (χ1n) is 7.37. The average molecular weight is 345 g/mol. The van der Waals surface area contributed by atoms with E-state index in [-0.39, 0.29) is 5.91 Å². The molecule has 0 aliphatic rings. The van der Waals surface area contributed by atoms with Crippen molar-refractivity contribution < 1.29 is 4.79 Å². The fraction of sp³-hybridized carbons (Fsp3) is 0.250. The second kappa shape index (κ2) is 6.09. The standard InChI is InChI=1S/C16H17ClN6O/c1-16(2,15(24)18-3)23-12-4-5-19-14(22-12)11-8-21-13-10(11)6-9(17)7-20-13/h4-8H,1-3H3,(H,18,24)(H,20,21)(H,19,22,23). The Morgan fingerprint density at radius 3 is 2.88 bits per heavy atom. The van der Waals surface area contributed by atoms with Gasteiger partial charge in [0, 0.05) is 36.6 Å². The summed E-state index contributed by atoms with van der Waals surface area (Å²) >= 11 is 6.03. The summed E-state index contributed by atoms with van der Waals surface area (Å²) < 4.78 is 0. The van der Waals surface area contributed by atoms with Crippen LogP contribution in [0.15, 0.2) is 30.7 Å². The number of carbonyl (C=O) groups excluding carboxylic acids is 1. The minimum absolute atomic E-state index is 0.134. The van der Waals surface area contributed by atoms with Crippen LogP contribution in [-0.4, -0.2) is 38.4 Å². The van der Waals surface area contributed by atoms with Crippen LogP contribution in [0.2, 0.25) is 5.02 Å². The van der Waals surface area contributed by atoms with Gasteiger partial charge in [-0.05, 0) is 26.0 Å². The van der Waals surface area contributed by atoms with E-state index >= 15 is 0 Å². The third-order valence-electron chi connectivity index (χ3n) is 3.63. The van der Waals surface area contributed by atoms with Gasteiger partial charge in [0.15, 0.2) is 5.82 Å². The van der Waals surface area contributed by atoms with E-state index in [1.807, 2.05) is 6.07 Å². The Morgan fingerprint density at radius 2 is 2.12 bits per heavy atom. The highest BCUT2D eigenvalue weighted by molar-refractivity contribution is 6.31. The maximum absolute atomic E-state index is 11.9. The number of nitrogens with zero attached hydrogens (tertiary/aromatic N) is 3. The van der Waals surface area contributed by atoms with Crippen molar-refractivity contribution in [1.29, 1.82) is 0 Å². The summed E-state index contributed by atoms with van der Waals surface area (Å²) in [4.78, 5) is 28.0. The van der Waals surface area contributed by atoms with Gasteiger partial charge in [0.2, 0.25) is 5.91 Å². The molecule has 1 amide bonds. The molecule has 0 fully saturated rings. The maximum Gasteiger partial charge on any atom is 0.244 e. The number of pyridine rings is 1. The molecule has 0 atom stereocenters. The lowest BCUT2D eigenvalue weighted by Gasteiger charge is -2.24. The number of rotatable bonds is 4. The highest BCUT2D eigenvalue weighted by Gasteiger charge is 2.26. The normalized spacial score (nSPS) is 11.5. The fourth-order valence-electron chi connectivity index (χ4n) is 2.41. The van der Waals surface area contributed by atoms with Gasteiger partial charge in [-0.25, -0.2) is 15.0 Å². The second-order valence-corrected chi connectivity index (χ2v) is 6.28. The summed E-state index contributed by atoms with van der Waals surface area (Å²) in [5, 5.41) is 7.12. The van der Waals surface area contributed by atoms with Crippen molar-refractivity contribution in [3.05, 3.63) is 35.7 Å². The van der Waals surface area contributed by atoms with Gasteiger partial charge in [-0.15, -0.1) is 0 Å². The van der Waals surface area contributed by atoms with E-state index < -0.39 is 5.54 Å². The highest BCUT2D eigenvalue weighted by atomic mass is 35.5. The van der Waals surface area contributed by atoms with Crippen LogP contribution in [0.5, 0.6) is 0 Å². The molecule has 24 heavy (non-hydrogen) atoms. The first-order chi connectivity index (χ1) is 11.4. The summed E-state index contributed by atoms with van der Waals surface area (Å²) in [7, 11) is 1.60. The predicted molar refractivity (Wildman–Crippen MR) is 93.9 cm³/mol. The molecule has 0 aliphatic carbocycles. The quantitative estimate of drug-likeness (QED) is 0.676. The first kappa shape index (κ1) is 16.2. The summed E-state index contributed by atoms with van der Waals surface area (Å²) in [6, 6.07) is 3.53. The van der Waals surface area contributed by atoms with Crippen molar-refractivity contribution in [2.75, 3.05) is 12.4 Å². The van der Waals surface area contributed by atoms with E-state index in [1.165, 1.54) is 0 Å². The number of fused-ring (bicyclic) bond motifs is 1. The molecule has 0 saturated heterocycles. The summed E-state index contributed by atoms with van der Waals surface area (Å²) in [5.74, 6) is 0.937. The topological polar surface area (TPSA) is 95.6 Å². The lowest BCUT2D eigenvalue weighted by molar-refractivity contribution is -0.124. The number of likely N-dealkylation sites (N-methyl/N-ethyl adjacent to an activating group) is 1. The lowest BCUT2D eigenvalue weighted by Crippen LogP contribution is -2.46. The van der Waals surface area contributed by atoms with Crippen molar-refractivity contribution in [3.63, 3.8) is 0 Å². The van der Waals surface area contributed by atoms with Gasteiger partial charge in [0.25, 0.3) is 0 Å². The van der Waals surface area contributed by atoms with Crippen molar-refractivity contribution in [2.45, 2.75) is 19.4 Å². The number of hydrogen-bond acceptors (Lipinski definition) is 5. The zero-order valence-corrected chi connectivity index (χ0v) is 14.3. The number of nitrogens with one attached hydrogen (secondary N) is 3. The molecule has 3 aromatic rings. The molecule has 7 nitrogen and oxygen atoms in total. The number of halogens is 1. The summed E-state index contributed by atoms with van der Waals surface area (Å²) in [5.41, 5.74) is 0.703. The lowest BCUT2D eigenvalue weighted by atomic mass is 10.1. The molecule has 124 valence electrons. The minimum Gasteiger partial charge on any atom is -0.357 e. The van der Waals surface area contributed by atoms with Crippen LogP contribution in [0.3, 0.4) is 0 Å². The van der Waals surface area contributed by atoms with Gasteiger partial charge in [-0.2, -0.15) is 0 Å². The Labute approximate surface area is 143 Å². The monoisotopic (exact) mass is 344 g/mol. The largest absolute Gasteiger partial charge is 0.357 e. The van der Waals surface area contributed by atoms with Crippen LogP contribution < -0.4 is 10.6 Å². The van der Waals surface area contributed by atoms with Gasteiger partial charge < -0.3 is 15.6 Å². The van der Waals surface area contributed by atoms with Gasteiger partial charge in [-0.1, -0.05) is 11.6 Å². The zero-order chi connectivity index (χ0) is 17.3. The molecular formula is C16H17ClN6O. The average Bonchev–Trinajstić information content (AvgIpc) is 2.96. The van der Waals surface area contributed by atoms with E-state index in [0.717, 1.165) is 10.9 Å². The third-order valence-corrected chi connectivity index (χ3v) is 3.84. The smallest absolute Gasteiger partial charge is 0.244 e. The number of H-pyrrole nitrogens is 1. The Balaban J connectivity index is 1.98. The molecular weight excluding hydrogens is 328 g/mol. The highest BCUT2D eigenvalue weighted by Crippen LogP contribution is 2.27. The van der Waals surface area contributed by atoms with E-state index in [0.29, 0.717) is 22.3 Å². The second-order valence-electron chi connectivity index (χ2n) is 5.85. The van der Waals surface area contributed by atoms with Crippen molar-refractivity contribution in [3.8, 4) is 11.4 Å². The Kier molecular flexibility index (Phi) is 4.11. The molecule has 0 unspecified atom stereocenters. The van der Waals surface area contributed by atoms with Crippen LogP contribution in [0, 0.1) is 0 Å². The van der Waals surface area contributed by atoms with Gasteiger partial charge in [-0.3, -0.25) is 4.79 Å². The minimum atomic E-state index is -0.800. The first-order valence-corrected chi connectivity index (χ1v) is 7.75. The molecule has 8 heteroatoms. The number of carbonyl (C=O) groups is 1. The molecule has 3 rings (SSSR count). The number of aromatic amines is 1. The van der Waals surface area contributed by atoms with Gasteiger partial charge in [0.1, 0.15) is 17.0 Å². The van der Waals surface area contributed by atoms with Gasteiger partial charge >= 0.3 is 0 Å². The molecule has 3 N–H and O–H groups in total. The number of amides is 1. The Morgan fingerprint density at radius 1 is 1.33 bits per heavy atom. The SMILES string of the molecule is CNC(=O)C(C)(C)Nc1ccnc(-c2c[nH]c3ncc(Cl)cc23)n1. The zero-order valence-electron chi connectivity index (χ0n) is 13.5. The van der Waals surface area contributed by atoms with E-state index in [4.69, 9.17) is 11.6 Å². The molecule has 0 spiro atoms. The van der Waals surface area contributed by atoms with Gasteiger partial charge in [0.05, 0.1) is 5.02 Å². The molecule has 0 saturated carbocycles. The van der Waals surface area contributed by atoms with Crippen LogP contribution in [0.25, 0.3) is 22.4 Å². The third kappa shape index (κ3) is 3.03. The van der Waals surface area contributed by atoms with Crippen LogP contribution in [-0.2, 0) is 4.79 Å². The number of anilines is 1. The predicted octanol–water partition coefficient (Wildman–Crippen LogP) is 2.61. The number of hydrogen-bond donors (Lipinski definition) is 3. The van der Waals surface area contributed by atoms with E-state index in [1.54, 1.807) is 45.6 Å². The molecule has 0 bridgehead atoms.